The van der Waals surface area contributed by atoms with Crippen LogP contribution < -0.4 is 10.7 Å². The van der Waals surface area contributed by atoms with E-state index < -0.39 is 23.4 Å². The third-order valence-electron chi connectivity index (χ3n) is 19.1. The molecule has 0 radical (unpaired) electrons. The number of aromatic nitrogens is 3. The van der Waals surface area contributed by atoms with E-state index in [9.17, 15) is 9.59 Å². The van der Waals surface area contributed by atoms with E-state index in [1.165, 1.54) is 24.2 Å². The van der Waals surface area contributed by atoms with Crippen molar-refractivity contribution in [2.45, 2.75) is 141 Å². The maximum Gasteiger partial charge on any atom is 0.325 e. The monoisotopic (exact) mass is 1110 g/mol. The zero-order valence-electron chi connectivity index (χ0n) is 48.0. The molecule has 2 N–H and O–H groups in total. The highest BCUT2D eigenvalue weighted by molar-refractivity contribution is 7.10. The van der Waals surface area contributed by atoms with Crippen molar-refractivity contribution >= 4 is 40.0 Å². The van der Waals surface area contributed by atoms with Crippen molar-refractivity contribution in [2.75, 3.05) is 92.6 Å². The number of rotatable bonds is 13. The van der Waals surface area contributed by atoms with Crippen molar-refractivity contribution in [2.24, 2.45) is 29.1 Å². The number of methoxy groups -OCH3 is 1. The summed E-state index contributed by atoms with van der Waals surface area (Å²) in [5.41, 5.74) is 10.3. The van der Waals surface area contributed by atoms with E-state index in [0.717, 1.165) is 100 Å². The molecule has 0 spiro atoms. The molecule has 430 valence electrons. The number of amides is 2. The topological polar surface area (TPSA) is 165 Å². The predicted octanol–water partition coefficient (Wildman–Crippen LogP) is 6.67. The fourth-order valence-electron chi connectivity index (χ4n) is 13.5. The van der Waals surface area contributed by atoms with Crippen LogP contribution in [0.1, 0.15) is 114 Å². The summed E-state index contributed by atoms with van der Waals surface area (Å²) in [5.74, 6) is 6.24. The molecule has 8 fully saturated rings. The van der Waals surface area contributed by atoms with E-state index in [-0.39, 0.29) is 72.4 Å². The highest BCUT2D eigenvalue weighted by atomic mass is 32.1. The summed E-state index contributed by atoms with van der Waals surface area (Å²) in [7, 11) is 1.73. The Bertz CT molecular complexity index is 2970. The van der Waals surface area contributed by atoms with Crippen molar-refractivity contribution in [1.29, 1.82) is 0 Å². The highest BCUT2D eigenvalue weighted by Gasteiger charge is 2.54. The first kappa shape index (κ1) is 55.7. The minimum atomic E-state index is -0.943. The van der Waals surface area contributed by atoms with Crippen LogP contribution in [0.2, 0.25) is 0 Å². The van der Waals surface area contributed by atoms with Crippen molar-refractivity contribution < 1.29 is 38.1 Å². The second-order valence-corrected chi connectivity index (χ2v) is 26.0. The fraction of sp³-hybridized carbons (Fsp3) is 0.661. The molecule has 18 heteroatoms. The van der Waals surface area contributed by atoms with Gasteiger partial charge < -0.3 is 33.6 Å². The van der Waals surface area contributed by atoms with E-state index in [0.29, 0.717) is 78.5 Å². The quantitative estimate of drug-likeness (QED) is 0.108. The Morgan fingerprint density at radius 1 is 0.963 bits per heavy atom. The second kappa shape index (κ2) is 23.4. The van der Waals surface area contributed by atoms with Crippen LogP contribution in [0.4, 0.5) is 0 Å². The molecule has 9 heterocycles. The summed E-state index contributed by atoms with van der Waals surface area (Å²) in [5, 5.41) is 8.91. The normalized spacial score (nSPS) is 29.5. The average Bonchev–Trinajstić information content (AvgIpc) is 4.23. The van der Waals surface area contributed by atoms with E-state index in [2.05, 4.69) is 106 Å². The number of thiazole rings is 1. The number of carbonyl (C=O) groups excluding carboxylic acids is 3. The lowest BCUT2D eigenvalue weighted by molar-refractivity contribution is -0.171. The van der Waals surface area contributed by atoms with Gasteiger partial charge in [-0.3, -0.25) is 39.1 Å². The minimum Gasteiger partial charge on any atom is -0.464 e. The number of fused-ring (bicyclic) bond motifs is 4. The molecule has 8 atom stereocenters. The zero-order chi connectivity index (χ0) is 55.4. The number of carbonyl (C=O) groups is 3. The van der Waals surface area contributed by atoms with Gasteiger partial charge in [0.15, 0.2) is 0 Å². The maximum atomic E-state index is 15.4. The van der Waals surface area contributed by atoms with Crippen LogP contribution >= 0.6 is 11.3 Å². The largest absolute Gasteiger partial charge is 0.464 e. The molecule has 6 aliphatic heterocycles. The van der Waals surface area contributed by atoms with Gasteiger partial charge in [-0.05, 0) is 100 Å². The molecule has 80 heavy (non-hydrogen) atoms. The summed E-state index contributed by atoms with van der Waals surface area (Å²) in [6.07, 6.45) is 7.91. The Morgan fingerprint density at radius 2 is 1.71 bits per heavy atom. The SMILES string of the molecule is CO[C@@H](C)c1ncc(C#C[C@@H](C)N2CCN(C3CC3)CC2)cc1-c1c2c3cc(ccc3n1CCOC1CCOCC1)-c1csc(n1)[C@@H](CN1CCOCC1)C(NC(=O)C1[C@@H](C)[C@H]1C)C(=O)N1N[C@H](C(=O)OCC(C)(C)C2)C2CC1C2. The fourth-order valence-corrected chi connectivity index (χ4v) is 14.5. The molecule has 1 aromatic carbocycles. The summed E-state index contributed by atoms with van der Waals surface area (Å²) in [6.45, 7) is 22.6. The number of morpholine rings is 1. The van der Waals surface area contributed by atoms with Gasteiger partial charge >= 0.3 is 5.97 Å². The second-order valence-electron chi connectivity index (χ2n) is 25.1. The van der Waals surface area contributed by atoms with Crippen LogP contribution in [0.25, 0.3) is 33.4 Å². The molecule has 3 aromatic heterocycles. The van der Waals surface area contributed by atoms with Crippen LogP contribution in [0.5, 0.6) is 0 Å². The van der Waals surface area contributed by atoms with Gasteiger partial charge in [0.1, 0.15) is 17.1 Å². The van der Waals surface area contributed by atoms with Gasteiger partial charge in [-0.1, -0.05) is 45.6 Å². The summed E-state index contributed by atoms with van der Waals surface area (Å²) in [4.78, 5) is 62.5. The van der Waals surface area contributed by atoms with Crippen LogP contribution in [0.3, 0.4) is 0 Å². The molecule has 3 saturated carbocycles. The number of piperazine rings is 1. The lowest BCUT2D eigenvalue weighted by atomic mass is 9.73. The number of ether oxygens (including phenoxy) is 5. The van der Waals surface area contributed by atoms with Crippen LogP contribution in [0.15, 0.2) is 35.8 Å². The first-order chi connectivity index (χ1) is 38.7. The van der Waals surface area contributed by atoms with Gasteiger partial charge in [-0.15, -0.1) is 11.3 Å². The number of hydrogen-bond acceptors (Lipinski definition) is 15. The lowest BCUT2D eigenvalue weighted by Gasteiger charge is -2.53. The first-order valence-corrected chi connectivity index (χ1v) is 30.8. The number of esters is 1. The smallest absolute Gasteiger partial charge is 0.325 e. The Kier molecular flexibility index (Phi) is 16.3. The van der Waals surface area contributed by atoms with E-state index in [1.807, 2.05) is 13.1 Å². The van der Waals surface area contributed by atoms with Crippen molar-refractivity contribution in [3.63, 3.8) is 0 Å². The number of pyridine rings is 1. The summed E-state index contributed by atoms with van der Waals surface area (Å²) < 4.78 is 33.2. The van der Waals surface area contributed by atoms with Crippen LogP contribution in [0, 0.1) is 40.9 Å². The number of benzene rings is 1. The molecule has 8 bridgehead atoms. The van der Waals surface area contributed by atoms with E-state index >= 15 is 4.79 Å². The van der Waals surface area contributed by atoms with Gasteiger partial charge in [0.25, 0.3) is 5.91 Å². The van der Waals surface area contributed by atoms with Gasteiger partial charge in [0, 0.05) is 135 Å². The number of nitrogens with zero attached hydrogens (tertiary/aromatic N) is 7. The molecule has 4 aromatic rings. The van der Waals surface area contributed by atoms with E-state index in [1.54, 1.807) is 12.1 Å². The van der Waals surface area contributed by atoms with Crippen molar-refractivity contribution in [3.05, 3.63) is 57.7 Å². The van der Waals surface area contributed by atoms with Crippen molar-refractivity contribution in [3.8, 4) is 34.4 Å². The van der Waals surface area contributed by atoms with Gasteiger partial charge in [0.05, 0.1) is 67.7 Å². The molecule has 2 amide bonds. The zero-order valence-corrected chi connectivity index (χ0v) is 48.9. The number of hydrogen-bond donors (Lipinski definition) is 2. The Morgan fingerprint density at radius 3 is 2.44 bits per heavy atom. The number of nitrogens with one attached hydrogen (secondary N) is 2. The van der Waals surface area contributed by atoms with Gasteiger partial charge in [-0.25, -0.2) is 10.4 Å². The molecular formula is C62H83N9O8S. The predicted molar refractivity (Wildman–Crippen MR) is 306 cm³/mol. The molecule has 2 unspecified atom stereocenters. The number of hydrazine groups is 1. The molecule has 3 aliphatic carbocycles. The van der Waals surface area contributed by atoms with Crippen LogP contribution in [-0.2, 0) is 51.0 Å². The van der Waals surface area contributed by atoms with E-state index in [4.69, 9.17) is 33.7 Å². The average molecular weight is 1110 g/mol. The number of cyclic esters (lactones) is 1. The van der Waals surface area contributed by atoms with Gasteiger partial charge in [0.2, 0.25) is 5.91 Å². The lowest BCUT2D eigenvalue weighted by Crippen LogP contribution is -2.72. The Balaban J connectivity index is 0.988. The molecule has 9 aliphatic rings. The summed E-state index contributed by atoms with van der Waals surface area (Å²) >= 11 is 1.53. The molecule has 17 nitrogen and oxygen atoms in total. The molecule has 5 saturated heterocycles. The standard InChI is InChI=1S/C62H83N9O8S/c1-37(68-16-18-69(19-17-68)44-11-12-44)8-9-41-28-48(54(63-33-41)40(4)75-7)57-49-32-62(5,6)36-79-61(74)55-43-29-45(30-43)71(66-55)60(73)56(65-58(72)53-38(2)39(53)3)50(34-67-20-25-77-26-21-67)59-64-51(35-80-59)42-10-13-52(47(49)31-42)70(57)22-27-78-46-14-23-76-24-15-46/h10,13,28,31,33,35,37-40,43-46,50,53,55-56,66H,11-12,14-27,29-30,32,34,36H2,1-7H3,(H,65,72)/t37-,38-,39+,40+,43?,45?,50+,53?,55+,56?/m1/s1. The molecule has 13 rings (SSSR count). The third kappa shape index (κ3) is 11.6. The highest BCUT2D eigenvalue weighted by Crippen LogP contribution is 2.47. The Labute approximate surface area is 476 Å². The first-order valence-electron chi connectivity index (χ1n) is 29.9. The van der Waals surface area contributed by atoms with Crippen LogP contribution in [-0.4, -0.2) is 181 Å². The van der Waals surface area contributed by atoms with Crippen molar-refractivity contribution in [1.82, 2.24) is 45.0 Å². The summed E-state index contributed by atoms with van der Waals surface area (Å²) in [6, 6.07) is 7.91. The van der Waals surface area contributed by atoms with Gasteiger partial charge in [-0.2, -0.15) is 0 Å². The Hall–Kier alpha value is -4.81. The molecular weight excluding hydrogens is 1030 g/mol. The maximum absolute atomic E-state index is 15.4. The third-order valence-corrected chi connectivity index (χ3v) is 20.1. The minimum absolute atomic E-state index is 0.0214.